The van der Waals surface area contributed by atoms with E-state index in [-0.39, 0.29) is 37.5 Å². The van der Waals surface area contributed by atoms with Gasteiger partial charge in [-0.2, -0.15) is 0 Å². The molecule has 1 atom stereocenters. The molecule has 0 saturated heterocycles. The molecule has 0 aliphatic carbocycles. The highest BCUT2D eigenvalue weighted by Gasteiger charge is 2.19. The van der Waals surface area contributed by atoms with E-state index in [9.17, 15) is 14.4 Å². The molecule has 0 aromatic carbocycles. The van der Waals surface area contributed by atoms with E-state index in [0.717, 1.165) is 96.3 Å². The van der Waals surface area contributed by atoms with Crippen LogP contribution in [0.1, 0.15) is 258 Å². The molecule has 0 spiro atoms. The van der Waals surface area contributed by atoms with Crippen molar-refractivity contribution in [2.75, 3.05) is 13.2 Å². The summed E-state index contributed by atoms with van der Waals surface area (Å²) in [6.45, 7) is 6.34. The lowest BCUT2D eigenvalue weighted by atomic mass is 10.1. The molecule has 0 saturated carbocycles. The molecule has 0 aliphatic rings. The van der Waals surface area contributed by atoms with E-state index < -0.39 is 6.10 Å². The van der Waals surface area contributed by atoms with Crippen LogP contribution in [0.15, 0.2) is 109 Å². The number of esters is 3. The summed E-state index contributed by atoms with van der Waals surface area (Å²) in [6.07, 6.45) is 78.1. The Hall–Kier alpha value is -3.93. The summed E-state index contributed by atoms with van der Waals surface area (Å²) >= 11 is 0. The number of hydrogen-bond acceptors (Lipinski definition) is 6. The van der Waals surface area contributed by atoms with Crippen molar-refractivity contribution in [3.8, 4) is 0 Å². The lowest BCUT2D eigenvalue weighted by Gasteiger charge is -2.18. The normalized spacial score (nSPS) is 12.9. The molecule has 0 amide bonds. The Balaban J connectivity index is 4.44. The van der Waals surface area contributed by atoms with Gasteiger partial charge in [-0.1, -0.05) is 239 Å². The number of ether oxygens (including phenoxy) is 3. The number of carbonyl (C=O) groups excluding carboxylic acids is 3. The first kappa shape index (κ1) is 66.1. The molecule has 70 heavy (non-hydrogen) atoms. The highest BCUT2D eigenvalue weighted by molar-refractivity contribution is 5.71. The van der Waals surface area contributed by atoms with E-state index in [0.29, 0.717) is 19.3 Å². The zero-order valence-corrected chi connectivity index (χ0v) is 45.5. The second-order valence-corrected chi connectivity index (χ2v) is 18.8. The van der Waals surface area contributed by atoms with Crippen LogP contribution in [0.25, 0.3) is 0 Å². The summed E-state index contributed by atoms with van der Waals surface area (Å²) in [5.74, 6) is -1.00. The first-order chi connectivity index (χ1) is 34.5. The van der Waals surface area contributed by atoms with Crippen molar-refractivity contribution >= 4 is 17.9 Å². The van der Waals surface area contributed by atoms with Gasteiger partial charge in [-0.15, -0.1) is 0 Å². The molecule has 1 unspecified atom stereocenters. The van der Waals surface area contributed by atoms with Gasteiger partial charge in [-0.05, 0) is 109 Å². The summed E-state index contributed by atoms with van der Waals surface area (Å²) < 4.78 is 16.8. The largest absolute Gasteiger partial charge is 0.462 e. The van der Waals surface area contributed by atoms with Crippen molar-refractivity contribution in [2.24, 2.45) is 0 Å². The number of hydrogen-bond donors (Lipinski definition) is 0. The topological polar surface area (TPSA) is 78.9 Å². The fraction of sp³-hybridized carbons (Fsp3) is 0.672. The molecule has 0 rings (SSSR count). The number of unbranched alkanes of at least 4 members (excludes halogenated alkanes) is 22. The van der Waals surface area contributed by atoms with Gasteiger partial charge in [0.05, 0.1) is 0 Å². The minimum Gasteiger partial charge on any atom is -0.462 e. The minimum absolute atomic E-state index is 0.107. The van der Waals surface area contributed by atoms with Gasteiger partial charge in [0.1, 0.15) is 13.2 Å². The van der Waals surface area contributed by atoms with E-state index >= 15 is 0 Å². The van der Waals surface area contributed by atoms with Crippen molar-refractivity contribution in [2.45, 2.75) is 264 Å². The Labute approximate surface area is 431 Å². The predicted molar refractivity (Wildman–Crippen MR) is 302 cm³/mol. The molecule has 0 aliphatic heterocycles. The molecule has 398 valence electrons. The first-order valence-corrected chi connectivity index (χ1v) is 28.9. The Morgan fingerprint density at radius 3 is 0.971 bits per heavy atom. The molecule has 0 fully saturated rings. The summed E-state index contributed by atoms with van der Waals surface area (Å²) in [6, 6.07) is 0. The number of allylic oxidation sites excluding steroid dienone is 18. The van der Waals surface area contributed by atoms with E-state index in [4.69, 9.17) is 14.2 Å². The van der Waals surface area contributed by atoms with Crippen molar-refractivity contribution in [3.05, 3.63) is 109 Å². The SMILES string of the molecule is CC/C=C\C/C=C\C/C=C\C/C=C\CCCCCCCCCCC(=O)OCC(COC(=O)CC/C=C\C/C=C\C/C=C\C/C=C\CC)OC(=O)CCCCCCCCC/C=C\CCCCCCCCC. The molecule has 0 N–H and O–H groups in total. The van der Waals surface area contributed by atoms with Crippen molar-refractivity contribution in [1.29, 1.82) is 0 Å². The number of carbonyl (C=O) groups is 3. The van der Waals surface area contributed by atoms with Crippen LogP contribution in [0.2, 0.25) is 0 Å². The van der Waals surface area contributed by atoms with Crippen LogP contribution in [0.4, 0.5) is 0 Å². The van der Waals surface area contributed by atoms with Crippen LogP contribution < -0.4 is 0 Å². The molecule has 6 nitrogen and oxygen atoms in total. The van der Waals surface area contributed by atoms with Gasteiger partial charge in [-0.3, -0.25) is 14.4 Å². The number of rotatable bonds is 51. The average Bonchev–Trinajstić information content (AvgIpc) is 3.36. The zero-order chi connectivity index (χ0) is 50.7. The highest BCUT2D eigenvalue weighted by atomic mass is 16.6. The van der Waals surface area contributed by atoms with Crippen LogP contribution in [0.5, 0.6) is 0 Å². The highest BCUT2D eigenvalue weighted by Crippen LogP contribution is 2.15. The van der Waals surface area contributed by atoms with Crippen molar-refractivity contribution in [1.82, 2.24) is 0 Å². The summed E-state index contributed by atoms with van der Waals surface area (Å²) in [7, 11) is 0. The monoisotopic (exact) mass is 971 g/mol. The van der Waals surface area contributed by atoms with Crippen LogP contribution in [-0.2, 0) is 28.6 Å². The third kappa shape index (κ3) is 55.0. The second kappa shape index (κ2) is 57.6. The Kier molecular flexibility index (Phi) is 54.4. The fourth-order valence-electron chi connectivity index (χ4n) is 7.74. The van der Waals surface area contributed by atoms with Crippen LogP contribution in [0.3, 0.4) is 0 Å². The van der Waals surface area contributed by atoms with Gasteiger partial charge in [0.2, 0.25) is 0 Å². The first-order valence-electron chi connectivity index (χ1n) is 28.9. The molecule has 6 heteroatoms. The van der Waals surface area contributed by atoms with Gasteiger partial charge in [0, 0.05) is 19.3 Å². The van der Waals surface area contributed by atoms with E-state index in [1.54, 1.807) is 0 Å². The summed E-state index contributed by atoms with van der Waals surface area (Å²) in [5, 5.41) is 0. The molecular formula is C64H106O6. The third-order valence-electron chi connectivity index (χ3n) is 12.0. The summed E-state index contributed by atoms with van der Waals surface area (Å²) in [5.41, 5.74) is 0. The van der Waals surface area contributed by atoms with Gasteiger partial charge in [0.15, 0.2) is 6.10 Å². The third-order valence-corrected chi connectivity index (χ3v) is 12.0. The zero-order valence-electron chi connectivity index (χ0n) is 45.5. The van der Waals surface area contributed by atoms with Gasteiger partial charge < -0.3 is 14.2 Å². The maximum absolute atomic E-state index is 12.9. The van der Waals surface area contributed by atoms with Crippen LogP contribution >= 0.6 is 0 Å². The standard InChI is InChI=1S/C64H106O6/c1-4-7-10-13-16-19-22-25-27-29-31-32-33-35-36-39-42-45-48-51-54-57-63(66)69-60-61(59-68-62(65)56-53-50-47-44-41-38-24-21-18-15-12-9-6-3)70-64(67)58-55-52-49-46-43-40-37-34-30-28-26-23-20-17-14-11-8-5-2/h7,9-10,12,16,18-19,21,25,27-28,30-32,38,41,47,50,61H,4-6,8,11,13-15,17,20,22-24,26,29,33-37,39-40,42-46,48-49,51-60H2,1-3H3/b10-7-,12-9-,19-16-,21-18-,27-25-,30-28-,32-31-,41-38-,50-47-. The molecule has 0 radical (unpaired) electrons. The Morgan fingerprint density at radius 2 is 0.586 bits per heavy atom. The summed E-state index contributed by atoms with van der Waals surface area (Å²) in [4.78, 5) is 38.1. The second-order valence-electron chi connectivity index (χ2n) is 18.8. The minimum atomic E-state index is -0.815. The molecule has 0 heterocycles. The van der Waals surface area contributed by atoms with Gasteiger partial charge in [0.25, 0.3) is 0 Å². The molecule has 0 bridgehead atoms. The average molecular weight is 972 g/mol. The Bertz CT molecular complexity index is 1440. The van der Waals surface area contributed by atoms with E-state index in [2.05, 4.69) is 124 Å². The van der Waals surface area contributed by atoms with Gasteiger partial charge in [-0.25, -0.2) is 0 Å². The van der Waals surface area contributed by atoms with Crippen LogP contribution in [-0.4, -0.2) is 37.2 Å². The Morgan fingerprint density at radius 1 is 0.300 bits per heavy atom. The predicted octanol–water partition coefficient (Wildman–Crippen LogP) is 19.5. The van der Waals surface area contributed by atoms with Crippen molar-refractivity contribution < 1.29 is 28.6 Å². The lowest BCUT2D eigenvalue weighted by Crippen LogP contribution is -2.30. The molecule has 0 aromatic rings. The van der Waals surface area contributed by atoms with Crippen LogP contribution in [0, 0.1) is 0 Å². The molecule has 0 aromatic heterocycles. The van der Waals surface area contributed by atoms with Crippen molar-refractivity contribution in [3.63, 3.8) is 0 Å². The van der Waals surface area contributed by atoms with E-state index in [1.165, 1.54) is 116 Å². The smallest absolute Gasteiger partial charge is 0.306 e. The lowest BCUT2D eigenvalue weighted by molar-refractivity contribution is -0.166. The van der Waals surface area contributed by atoms with E-state index in [1.807, 2.05) is 6.08 Å². The fourth-order valence-corrected chi connectivity index (χ4v) is 7.74. The maximum atomic E-state index is 12.9. The quantitative estimate of drug-likeness (QED) is 0.0262. The molecular weight excluding hydrogens is 865 g/mol. The maximum Gasteiger partial charge on any atom is 0.306 e. The van der Waals surface area contributed by atoms with Gasteiger partial charge >= 0.3 is 17.9 Å².